The molecule has 0 aromatic rings. The van der Waals surface area contributed by atoms with Crippen LogP contribution in [0.1, 0.15) is 52.9 Å². The zero-order chi connectivity index (χ0) is 14.1. The molecule has 0 bridgehead atoms. The highest BCUT2D eigenvalue weighted by Gasteiger charge is 2.43. The van der Waals surface area contributed by atoms with Gasteiger partial charge in [0.15, 0.2) is 0 Å². The van der Waals surface area contributed by atoms with E-state index in [0.717, 1.165) is 12.8 Å². The van der Waals surface area contributed by atoms with Gasteiger partial charge in [-0.2, -0.15) is 0 Å². The lowest BCUT2D eigenvalue weighted by Gasteiger charge is -2.49. The highest BCUT2D eigenvalue weighted by molar-refractivity contribution is 5.00. The zero-order valence-corrected chi connectivity index (χ0v) is 13.2. The Morgan fingerprint density at radius 3 is 2.37 bits per heavy atom. The lowest BCUT2D eigenvalue weighted by atomic mass is 9.64. The molecule has 0 spiro atoms. The summed E-state index contributed by atoms with van der Waals surface area (Å²) in [6, 6.07) is 0.587. The summed E-state index contributed by atoms with van der Waals surface area (Å²) in [5.74, 6) is 0.703. The molecule has 2 atom stereocenters. The minimum absolute atomic E-state index is 0.0399. The Bertz CT molecular complexity index is 297. The fourth-order valence-corrected chi connectivity index (χ4v) is 4.60. The molecule has 1 saturated heterocycles. The number of hydrogen-bond acceptors (Lipinski definition) is 3. The van der Waals surface area contributed by atoms with E-state index in [1.807, 2.05) is 0 Å². The van der Waals surface area contributed by atoms with Crippen LogP contribution in [0.15, 0.2) is 0 Å². The van der Waals surface area contributed by atoms with Crippen molar-refractivity contribution in [2.24, 2.45) is 11.3 Å². The van der Waals surface area contributed by atoms with Gasteiger partial charge in [-0.1, -0.05) is 20.8 Å². The number of aliphatic hydroxyl groups is 1. The van der Waals surface area contributed by atoms with Crippen LogP contribution >= 0.6 is 0 Å². The summed E-state index contributed by atoms with van der Waals surface area (Å²) in [4.78, 5) is 2.40. The molecule has 112 valence electrons. The zero-order valence-electron chi connectivity index (χ0n) is 13.2. The second-order valence-electron chi connectivity index (χ2n) is 8.01. The number of nitrogens with one attached hydrogen (secondary N) is 1. The standard InChI is InChI=1S/C16H32N2O/c1-13-9-15(2,3)11-16(10-13,12-19)17-14-5-7-18(4)8-6-14/h13-14,17,19H,5-12H2,1-4H3/t13-,16+/m0/s1. The first kappa shape index (κ1) is 15.3. The summed E-state index contributed by atoms with van der Waals surface area (Å²) in [7, 11) is 2.20. The van der Waals surface area contributed by atoms with E-state index in [1.54, 1.807) is 0 Å². The Hall–Kier alpha value is -0.120. The molecule has 1 heterocycles. The molecule has 2 rings (SSSR count). The maximum atomic E-state index is 10.0. The Labute approximate surface area is 118 Å². The predicted octanol–water partition coefficient (Wildman–Crippen LogP) is 2.25. The van der Waals surface area contributed by atoms with Gasteiger partial charge >= 0.3 is 0 Å². The SMILES string of the molecule is C[C@H]1CC(C)(C)C[C@](CO)(NC2CCN(C)CC2)C1. The van der Waals surface area contributed by atoms with Crippen molar-refractivity contribution in [3.63, 3.8) is 0 Å². The maximum Gasteiger partial charge on any atom is 0.0613 e. The summed E-state index contributed by atoms with van der Waals surface area (Å²) < 4.78 is 0. The van der Waals surface area contributed by atoms with Gasteiger partial charge in [-0.15, -0.1) is 0 Å². The highest BCUT2D eigenvalue weighted by atomic mass is 16.3. The van der Waals surface area contributed by atoms with Crippen LogP contribution in [0.2, 0.25) is 0 Å². The molecule has 2 aliphatic rings. The van der Waals surface area contributed by atoms with E-state index in [9.17, 15) is 5.11 Å². The summed E-state index contributed by atoms with van der Waals surface area (Å²) in [5.41, 5.74) is 0.306. The van der Waals surface area contributed by atoms with Crippen LogP contribution < -0.4 is 5.32 Å². The van der Waals surface area contributed by atoms with Crippen molar-refractivity contribution in [3.05, 3.63) is 0 Å². The van der Waals surface area contributed by atoms with Crippen molar-refractivity contribution >= 4 is 0 Å². The van der Waals surface area contributed by atoms with Crippen molar-refractivity contribution in [3.8, 4) is 0 Å². The normalized spacial score (nSPS) is 37.4. The lowest BCUT2D eigenvalue weighted by Crippen LogP contribution is -2.59. The minimum atomic E-state index is -0.0399. The predicted molar refractivity (Wildman–Crippen MR) is 80.3 cm³/mol. The largest absolute Gasteiger partial charge is 0.394 e. The first-order valence-corrected chi connectivity index (χ1v) is 7.91. The molecular weight excluding hydrogens is 236 g/mol. The number of likely N-dealkylation sites (tertiary alicyclic amines) is 1. The van der Waals surface area contributed by atoms with Crippen molar-refractivity contribution < 1.29 is 5.11 Å². The summed E-state index contributed by atoms with van der Waals surface area (Å²) in [6.07, 6.45) is 5.94. The van der Waals surface area contributed by atoms with Crippen LogP contribution in [0.4, 0.5) is 0 Å². The van der Waals surface area contributed by atoms with E-state index in [0.29, 0.717) is 17.4 Å². The van der Waals surface area contributed by atoms with Gasteiger partial charge in [0, 0.05) is 11.6 Å². The number of aliphatic hydroxyl groups excluding tert-OH is 1. The maximum absolute atomic E-state index is 10.0. The Balaban J connectivity index is 2.01. The fourth-order valence-electron chi connectivity index (χ4n) is 4.60. The molecule has 0 radical (unpaired) electrons. The van der Waals surface area contributed by atoms with Gasteiger partial charge in [-0.05, 0) is 63.6 Å². The lowest BCUT2D eigenvalue weighted by molar-refractivity contribution is 0.0225. The quantitative estimate of drug-likeness (QED) is 0.824. The number of hydrogen-bond donors (Lipinski definition) is 2. The fraction of sp³-hybridized carbons (Fsp3) is 1.00. The molecule has 19 heavy (non-hydrogen) atoms. The first-order chi connectivity index (χ1) is 8.84. The molecule has 2 N–H and O–H groups in total. The average molecular weight is 268 g/mol. The molecule has 0 aromatic heterocycles. The van der Waals surface area contributed by atoms with Gasteiger partial charge in [0.05, 0.1) is 6.61 Å². The molecule has 2 fully saturated rings. The third kappa shape index (κ3) is 3.93. The van der Waals surface area contributed by atoms with Crippen molar-refractivity contribution in [1.29, 1.82) is 0 Å². The van der Waals surface area contributed by atoms with E-state index in [2.05, 4.69) is 38.0 Å². The molecular formula is C16H32N2O. The van der Waals surface area contributed by atoms with E-state index in [1.165, 1.54) is 32.4 Å². The van der Waals surface area contributed by atoms with E-state index in [-0.39, 0.29) is 12.1 Å². The van der Waals surface area contributed by atoms with Crippen LogP contribution in [0.25, 0.3) is 0 Å². The average Bonchev–Trinajstić information content (AvgIpc) is 2.29. The number of nitrogens with zero attached hydrogens (tertiary/aromatic N) is 1. The minimum Gasteiger partial charge on any atom is -0.394 e. The topological polar surface area (TPSA) is 35.5 Å². The summed E-state index contributed by atoms with van der Waals surface area (Å²) in [6.45, 7) is 9.68. The number of piperidine rings is 1. The monoisotopic (exact) mass is 268 g/mol. The summed E-state index contributed by atoms with van der Waals surface area (Å²) in [5, 5.41) is 13.9. The third-order valence-corrected chi connectivity index (χ3v) is 4.99. The van der Waals surface area contributed by atoms with Gasteiger partial charge in [0.25, 0.3) is 0 Å². The van der Waals surface area contributed by atoms with Crippen LogP contribution in [0, 0.1) is 11.3 Å². The van der Waals surface area contributed by atoms with Crippen LogP contribution in [0.5, 0.6) is 0 Å². The molecule has 3 heteroatoms. The Morgan fingerprint density at radius 2 is 1.84 bits per heavy atom. The Morgan fingerprint density at radius 1 is 1.21 bits per heavy atom. The van der Waals surface area contributed by atoms with Crippen LogP contribution in [0.3, 0.4) is 0 Å². The second kappa shape index (κ2) is 5.71. The molecule has 0 aromatic carbocycles. The highest BCUT2D eigenvalue weighted by Crippen LogP contribution is 2.44. The van der Waals surface area contributed by atoms with E-state index in [4.69, 9.17) is 0 Å². The van der Waals surface area contributed by atoms with E-state index < -0.39 is 0 Å². The molecule has 1 saturated carbocycles. The van der Waals surface area contributed by atoms with Gasteiger partial charge < -0.3 is 15.3 Å². The van der Waals surface area contributed by atoms with Crippen molar-refractivity contribution in [1.82, 2.24) is 10.2 Å². The van der Waals surface area contributed by atoms with E-state index >= 15 is 0 Å². The second-order valence-corrected chi connectivity index (χ2v) is 8.01. The van der Waals surface area contributed by atoms with Crippen molar-refractivity contribution in [2.75, 3.05) is 26.7 Å². The van der Waals surface area contributed by atoms with Gasteiger partial charge in [0.1, 0.15) is 0 Å². The van der Waals surface area contributed by atoms with Crippen molar-refractivity contribution in [2.45, 2.75) is 64.5 Å². The van der Waals surface area contributed by atoms with Crippen LogP contribution in [-0.4, -0.2) is 48.3 Å². The van der Waals surface area contributed by atoms with Gasteiger partial charge in [-0.25, -0.2) is 0 Å². The first-order valence-electron chi connectivity index (χ1n) is 7.91. The van der Waals surface area contributed by atoms with Crippen LogP contribution in [-0.2, 0) is 0 Å². The molecule has 1 aliphatic heterocycles. The third-order valence-electron chi connectivity index (χ3n) is 4.99. The molecule has 3 nitrogen and oxygen atoms in total. The number of rotatable bonds is 3. The molecule has 0 unspecified atom stereocenters. The van der Waals surface area contributed by atoms with Gasteiger partial charge in [-0.3, -0.25) is 0 Å². The van der Waals surface area contributed by atoms with Gasteiger partial charge in [0.2, 0.25) is 0 Å². The smallest absolute Gasteiger partial charge is 0.0613 e. The Kier molecular flexibility index (Phi) is 4.59. The molecule has 0 amide bonds. The summed E-state index contributed by atoms with van der Waals surface area (Å²) >= 11 is 0. The molecule has 1 aliphatic carbocycles.